The van der Waals surface area contributed by atoms with Crippen LogP contribution in [0.2, 0.25) is 0 Å². The predicted octanol–water partition coefficient (Wildman–Crippen LogP) is 0.738. The highest BCUT2D eigenvalue weighted by Crippen LogP contribution is 2.37. The maximum atomic E-state index is 10.7. The van der Waals surface area contributed by atoms with Crippen molar-refractivity contribution in [1.29, 1.82) is 0 Å². The second-order valence-electron chi connectivity index (χ2n) is 4.48. The van der Waals surface area contributed by atoms with E-state index in [-0.39, 0.29) is 11.8 Å². The molecule has 0 aliphatic carbocycles. The summed E-state index contributed by atoms with van der Waals surface area (Å²) in [7, 11) is 3.00. The lowest BCUT2D eigenvalue weighted by atomic mass is 9.85. The van der Waals surface area contributed by atoms with Crippen molar-refractivity contribution in [3.8, 4) is 11.8 Å². The summed E-state index contributed by atoms with van der Waals surface area (Å²) in [5.74, 6) is 0.634. The Bertz CT molecular complexity index is 417. The van der Waals surface area contributed by atoms with Gasteiger partial charge in [0.1, 0.15) is 11.3 Å². The van der Waals surface area contributed by atoms with Crippen LogP contribution in [0.3, 0.4) is 0 Å². The molecule has 0 amide bonds. The molecule has 1 fully saturated rings. The second-order valence-corrected chi connectivity index (χ2v) is 4.48. The standard InChI is InChI=1S/C12H18N2O4/c1-12(15,8-4-5-18-7-8)10-11(17-3)14-9(16-2)6-13-10/h6,8,15H,4-5,7H2,1-3H3. The first-order chi connectivity index (χ1) is 8.59. The van der Waals surface area contributed by atoms with E-state index in [1.165, 1.54) is 20.4 Å². The van der Waals surface area contributed by atoms with Crippen molar-refractivity contribution in [2.24, 2.45) is 5.92 Å². The molecule has 0 bridgehead atoms. The fourth-order valence-electron chi connectivity index (χ4n) is 2.12. The van der Waals surface area contributed by atoms with Gasteiger partial charge in [0.2, 0.25) is 11.8 Å². The molecule has 0 spiro atoms. The quantitative estimate of drug-likeness (QED) is 0.854. The maximum Gasteiger partial charge on any atom is 0.241 e. The number of aliphatic hydroxyl groups is 1. The molecule has 100 valence electrons. The number of hydrogen-bond acceptors (Lipinski definition) is 6. The van der Waals surface area contributed by atoms with E-state index < -0.39 is 5.60 Å². The lowest BCUT2D eigenvalue weighted by Crippen LogP contribution is -2.34. The lowest BCUT2D eigenvalue weighted by Gasteiger charge is -2.29. The molecule has 1 N–H and O–H groups in total. The van der Waals surface area contributed by atoms with Crippen molar-refractivity contribution in [1.82, 2.24) is 9.97 Å². The molecule has 2 rings (SSSR count). The first-order valence-electron chi connectivity index (χ1n) is 5.85. The second kappa shape index (κ2) is 5.07. The van der Waals surface area contributed by atoms with Gasteiger partial charge in [-0.1, -0.05) is 0 Å². The maximum absolute atomic E-state index is 10.7. The van der Waals surface area contributed by atoms with Crippen molar-refractivity contribution in [2.75, 3.05) is 27.4 Å². The Labute approximate surface area is 106 Å². The minimum Gasteiger partial charge on any atom is -0.480 e. The van der Waals surface area contributed by atoms with Crippen LogP contribution in [-0.2, 0) is 10.3 Å². The molecule has 1 aromatic rings. The largest absolute Gasteiger partial charge is 0.480 e. The van der Waals surface area contributed by atoms with Gasteiger partial charge in [0.25, 0.3) is 0 Å². The van der Waals surface area contributed by atoms with E-state index in [0.717, 1.165) is 6.42 Å². The Morgan fingerprint density at radius 3 is 2.78 bits per heavy atom. The summed E-state index contributed by atoms with van der Waals surface area (Å²) in [6, 6.07) is 0. The highest BCUT2D eigenvalue weighted by atomic mass is 16.5. The Morgan fingerprint density at radius 1 is 1.44 bits per heavy atom. The van der Waals surface area contributed by atoms with E-state index in [1.54, 1.807) is 6.92 Å². The molecule has 0 saturated carbocycles. The molecular formula is C12H18N2O4. The molecule has 6 nitrogen and oxygen atoms in total. The van der Waals surface area contributed by atoms with Gasteiger partial charge in [-0.25, -0.2) is 4.98 Å². The summed E-state index contributed by atoms with van der Waals surface area (Å²) < 4.78 is 15.5. The smallest absolute Gasteiger partial charge is 0.241 e. The van der Waals surface area contributed by atoms with Crippen LogP contribution in [0.4, 0.5) is 0 Å². The molecule has 18 heavy (non-hydrogen) atoms. The molecule has 2 atom stereocenters. The van der Waals surface area contributed by atoms with Gasteiger partial charge in [0, 0.05) is 12.5 Å². The summed E-state index contributed by atoms with van der Waals surface area (Å²) in [6.07, 6.45) is 2.27. The average molecular weight is 254 g/mol. The Hall–Kier alpha value is -1.40. The lowest BCUT2D eigenvalue weighted by molar-refractivity contribution is -0.0160. The van der Waals surface area contributed by atoms with Crippen LogP contribution in [0.15, 0.2) is 6.20 Å². The predicted molar refractivity (Wildman–Crippen MR) is 63.6 cm³/mol. The van der Waals surface area contributed by atoms with E-state index in [4.69, 9.17) is 14.2 Å². The van der Waals surface area contributed by atoms with Gasteiger partial charge < -0.3 is 19.3 Å². The third-order valence-electron chi connectivity index (χ3n) is 3.32. The molecule has 6 heteroatoms. The van der Waals surface area contributed by atoms with Crippen molar-refractivity contribution in [3.63, 3.8) is 0 Å². The third-order valence-corrected chi connectivity index (χ3v) is 3.32. The molecule has 1 aliphatic rings. The van der Waals surface area contributed by atoms with Gasteiger partial charge in [-0.2, -0.15) is 4.98 Å². The molecule has 2 unspecified atom stereocenters. The highest BCUT2D eigenvalue weighted by Gasteiger charge is 2.40. The van der Waals surface area contributed by atoms with Crippen molar-refractivity contribution >= 4 is 0 Å². The number of ether oxygens (including phenoxy) is 3. The van der Waals surface area contributed by atoms with Crippen LogP contribution < -0.4 is 9.47 Å². The van der Waals surface area contributed by atoms with Crippen LogP contribution >= 0.6 is 0 Å². The van der Waals surface area contributed by atoms with E-state index in [0.29, 0.717) is 24.8 Å². The Morgan fingerprint density at radius 2 is 2.22 bits per heavy atom. The Balaban J connectivity index is 2.36. The fourth-order valence-corrected chi connectivity index (χ4v) is 2.12. The normalized spacial score (nSPS) is 22.6. The number of rotatable bonds is 4. The average Bonchev–Trinajstić information content (AvgIpc) is 2.92. The fraction of sp³-hybridized carbons (Fsp3) is 0.667. The monoisotopic (exact) mass is 254 g/mol. The topological polar surface area (TPSA) is 73.7 Å². The molecular weight excluding hydrogens is 236 g/mol. The van der Waals surface area contributed by atoms with Crippen molar-refractivity contribution < 1.29 is 19.3 Å². The van der Waals surface area contributed by atoms with Gasteiger partial charge in [-0.3, -0.25) is 0 Å². The van der Waals surface area contributed by atoms with E-state index in [2.05, 4.69) is 9.97 Å². The van der Waals surface area contributed by atoms with Crippen LogP contribution in [0, 0.1) is 5.92 Å². The molecule has 0 radical (unpaired) electrons. The number of aromatic nitrogens is 2. The van der Waals surface area contributed by atoms with E-state index in [9.17, 15) is 5.11 Å². The zero-order chi connectivity index (χ0) is 13.2. The van der Waals surface area contributed by atoms with Gasteiger partial charge in [0.15, 0.2) is 0 Å². The van der Waals surface area contributed by atoms with E-state index >= 15 is 0 Å². The van der Waals surface area contributed by atoms with Gasteiger partial charge in [-0.15, -0.1) is 0 Å². The zero-order valence-electron chi connectivity index (χ0n) is 10.8. The van der Waals surface area contributed by atoms with Crippen LogP contribution in [0.1, 0.15) is 19.0 Å². The molecule has 1 aromatic heterocycles. The minimum absolute atomic E-state index is 0.00547. The van der Waals surface area contributed by atoms with Crippen LogP contribution in [0.5, 0.6) is 11.8 Å². The summed E-state index contributed by atoms with van der Waals surface area (Å²) >= 11 is 0. The van der Waals surface area contributed by atoms with Crippen LogP contribution in [-0.4, -0.2) is 42.5 Å². The molecule has 1 aliphatic heterocycles. The molecule has 0 aromatic carbocycles. The highest BCUT2D eigenvalue weighted by molar-refractivity contribution is 5.28. The van der Waals surface area contributed by atoms with Crippen molar-refractivity contribution in [3.05, 3.63) is 11.9 Å². The minimum atomic E-state index is -1.12. The van der Waals surface area contributed by atoms with Crippen molar-refractivity contribution in [2.45, 2.75) is 18.9 Å². The van der Waals surface area contributed by atoms with Gasteiger partial charge in [-0.05, 0) is 13.3 Å². The summed E-state index contributed by atoms with van der Waals surface area (Å²) in [4.78, 5) is 8.36. The SMILES string of the molecule is COc1cnc(C(C)(O)C2CCOC2)c(OC)n1. The molecule has 2 heterocycles. The van der Waals surface area contributed by atoms with Crippen LogP contribution in [0.25, 0.3) is 0 Å². The number of methoxy groups -OCH3 is 2. The zero-order valence-corrected chi connectivity index (χ0v) is 10.8. The Kier molecular flexibility index (Phi) is 3.68. The first kappa shape index (κ1) is 13.0. The number of hydrogen-bond donors (Lipinski definition) is 1. The van der Waals surface area contributed by atoms with E-state index in [1.807, 2.05) is 0 Å². The summed E-state index contributed by atoms with van der Waals surface area (Å²) in [5, 5.41) is 10.7. The van der Waals surface area contributed by atoms with Gasteiger partial charge in [0.05, 0.1) is 27.0 Å². The summed E-state index contributed by atoms with van der Waals surface area (Å²) in [6.45, 7) is 2.89. The molecule has 1 saturated heterocycles. The third kappa shape index (κ3) is 2.26. The number of nitrogens with zero attached hydrogens (tertiary/aromatic N) is 2. The van der Waals surface area contributed by atoms with Gasteiger partial charge >= 0.3 is 0 Å². The first-order valence-corrected chi connectivity index (χ1v) is 5.85. The summed E-state index contributed by atoms with van der Waals surface area (Å²) in [5.41, 5.74) is -0.706.